The van der Waals surface area contributed by atoms with Gasteiger partial charge in [0.05, 0.1) is 17.3 Å². The standard InChI is InChI=1S/C18H13N3O3S/c1-23-13-7-4-5-10-9-11(16(19)24-15(10)13)17(22)21-18-20-12-6-2-3-8-14(12)25-18/h2-9,19H,1H3,(H,20,21,22). The average molecular weight is 351 g/mol. The Balaban J connectivity index is 1.72. The van der Waals surface area contributed by atoms with Crippen molar-refractivity contribution in [1.82, 2.24) is 4.98 Å². The number of aromatic nitrogens is 1. The highest BCUT2D eigenvalue weighted by Gasteiger charge is 2.15. The minimum Gasteiger partial charge on any atom is -0.493 e. The van der Waals surface area contributed by atoms with Crippen molar-refractivity contribution in [2.45, 2.75) is 0 Å². The lowest BCUT2D eigenvalue weighted by Gasteiger charge is -2.06. The Kier molecular flexibility index (Phi) is 3.70. The maximum absolute atomic E-state index is 12.6. The fourth-order valence-electron chi connectivity index (χ4n) is 2.55. The van der Waals surface area contributed by atoms with Gasteiger partial charge >= 0.3 is 0 Å². The number of ether oxygens (including phenoxy) is 1. The molecule has 0 atom stereocenters. The van der Waals surface area contributed by atoms with E-state index in [1.54, 1.807) is 24.3 Å². The van der Waals surface area contributed by atoms with Gasteiger partial charge < -0.3 is 9.15 Å². The Hall–Kier alpha value is -3.19. The molecule has 7 heteroatoms. The van der Waals surface area contributed by atoms with Crippen LogP contribution in [0.1, 0.15) is 10.4 Å². The first-order valence-electron chi connectivity index (χ1n) is 7.48. The Labute approximate surface area is 146 Å². The predicted octanol–water partition coefficient (Wildman–Crippen LogP) is 3.78. The number of para-hydroxylation sites is 2. The van der Waals surface area contributed by atoms with Crippen LogP contribution in [0.2, 0.25) is 0 Å². The van der Waals surface area contributed by atoms with E-state index in [4.69, 9.17) is 14.6 Å². The van der Waals surface area contributed by atoms with Crippen LogP contribution in [0.5, 0.6) is 5.75 Å². The van der Waals surface area contributed by atoms with Crippen molar-refractivity contribution in [2.75, 3.05) is 12.4 Å². The van der Waals surface area contributed by atoms with Gasteiger partial charge in [0.15, 0.2) is 16.5 Å². The van der Waals surface area contributed by atoms with Gasteiger partial charge in [-0.3, -0.25) is 15.5 Å². The van der Waals surface area contributed by atoms with E-state index in [2.05, 4.69) is 10.3 Å². The zero-order chi connectivity index (χ0) is 17.4. The van der Waals surface area contributed by atoms with Crippen LogP contribution in [0.3, 0.4) is 0 Å². The van der Waals surface area contributed by atoms with E-state index in [0.29, 0.717) is 21.9 Å². The van der Waals surface area contributed by atoms with Gasteiger partial charge in [-0.2, -0.15) is 0 Å². The summed E-state index contributed by atoms with van der Waals surface area (Å²) in [5.41, 5.74) is 1.17. The van der Waals surface area contributed by atoms with Crippen molar-refractivity contribution in [3.05, 3.63) is 59.6 Å². The van der Waals surface area contributed by atoms with Crippen LogP contribution in [-0.2, 0) is 0 Å². The third-order valence-electron chi connectivity index (χ3n) is 3.74. The van der Waals surface area contributed by atoms with Gasteiger partial charge in [-0.05, 0) is 24.3 Å². The molecule has 0 spiro atoms. The molecule has 2 aromatic heterocycles. The third-order valence-corrected chi connectivity index (χ3v) is 4.69. The summed E-state index contributed by atoms with van der Waals surface area (Å²) < 4.78 is 11.7. The number of fused-ring (bicyclic) bond motifs is 2. The number of hydrogen-bond acceptors (Lipinski definition) is 6. The van der Waals surface area contributed by atoms with Crippen LogP contribution >= 0.6 is 11.3 Å². The number of nitrogens with zero attached hydrogens (tertiary/aromatic N) is 1. The van der Waals surface area contributed by atoms with E-state index in [1.807, 2.05) is 24.3 Å². The molecule has 0 radical (unpaired) electrons. The van der Waals surface area contributed by atoms with Crippen LogP contribution in [0.15, 0.2) is 52.9 Å². The molecular formula is C18H13N3O3S. The number of amides is 1. The number of benzene rings is 2. The lowest BCUT2D eigenvalue weighted by Crippen LogP contribution is -2.20. The molecule has 124 valence electrons. The van der Waals surface area contributed by atoms with Crippen LogP contribution in [0, 0.1) is 5.41 Å². The number of nitrogens with one attached hydrogen (secondary N) is 2. The molecule has 4 aromatic rings. The topological polar surface area (TPSA) is 88.2 Å². The summed E-state index contributed by atoms with van der Waals surface area (Å²) in [6, 6.07) is 14.6. The van der Waals surface area contributed by atoms with Crippen molar-refractivity contribution in [2.24, 2.45) is 0 Å². The quantitative estimate of drug-likeness (QED) is 0.588. The molecule has 2 aromatic carbocycles. The SMILES string of the molecule is COc1cccc2cc(C(=O)Nc3nc4ccccc4s3)c(=N)oc12. The molecule has 0 fully saturated rings. The Morgan fingerprint density at radius 3 is 2.88 bits per heavy atom. The lowest BCUT2D eigenvalue weighted by molar-refractivity contribution is 0.102. The highest BCUT2D eigenvalue weighted by Crippen LogP contribution is 2.27. The van der Waals surface area contributed by atoms with Crippen LogP contribution < -0.4 is 15.6 Å². The molecule has 0 aliphatic heterocycles. The molecule has 0 bridgehead atoms. The summed E-state index contributed by atoms with van der Waals surface area (Å²) in [5.74, 6) is 0.0849. The predicted molar refractivity (Wildman–Crippen MR) is 96.2 cm³/mol. The Morgan fingerprint density at radius 2 is 2.08 bits per heavy atom. The van der Waals surface area contributed by atoms with Gasteiger partial charge in [0.2, 0.25) is 5.55 Å². The van der Waals surface area contributed by atoms with Crippen LogP contribution in [0.4, 0.5) is 5.13 Å². The first-order chi connectivity index (χ1) is 12.2. The number of methoxy groups -OCH3 is 1. The molecule has 6 nitrogen and oxygen atoms in total. The van der Waals surface area contributed by atoms with Crippen molar-refractivity contribution >= 4 is 43.6 Å². The van der Waals surface area contributed by atoms with Crippen LogP contribution in [0.25, 0.3) is 21.2 Å². The van der Waals surface area contributed by atoms with Gasteiger partial charge in [-0.1, -0.05) is 35.6 Å². The van der Waals surface area contributed by atoms with E-state index in [-0.39, 0.29) is 11.1 Å². The number of hydrogen-bond donors (Lipinski definition) is 2. The molecule has 4 rings (SSSR count). The highest BCUT2D eigenvalue weighted by atomic mass is 32.1. The summed E-state index contributed by atoms with van der Waals surface area (Å²) >= 11 is 1.38. The number of carbonyl (C=O) groups excluding carboxylic acids is 1. The second-order valence-corrected chi connectivity index (χ2v) is 6.34. The monoisotopic (exact) mass is 351 g/mol. The fraction of sp³-hybridized carbons (Fsp3) is 0.0556. The minimum atomic E-state index is -0.433. The number of anilines is 1. The summed E-state index contributed by atoms with van der Waals surface area (Å²) in [7, 11) is 1.53. The average Bonchev–Trinajstić information content (AvgIpc) is 3.02. The first kappa shape index (κ1) is 15.3. The number of carbonyl (C=O) groups is 1. The van der Waals surface area contributed by atoms with Crippen molar-refractivity contribution < 1.29 is 13.9 Å². The molecule has 0 saturated heterocycles. The van der Waals surface area contributed by atoms with Gasteiger partial charge in [-0.15, -0.1) is 0 Å². The zero-order valence-corrected chi connectivity index (χ0v) is 14.0. The third kappa shape index (κ3) is 2.74. The Morgan fingerprint density at radius 1 is 1.24 bits per heavy atom. The van der Waals surface area contributed by atoms with E-state index in [9.17, 15) is 4.79 Å². The molecule has 2 N–H and O–H groups in total. The largest absolute Gasteiger partial charge is 0.493 e. The van der Waals surface area contributed by atoms with Gasteiger partial charge in [0, 0.05) is 5.39 Å². The molecule has 25 heavy (non-hydrogen) atoms. The second kappa shape index (κ2) is 6.03. The summed E-state index contributed by atoms with van der Waals surface area (Å²) in [6.45, 7) is 0. The molecule has 1 amide bonds. The number of thiazole rings is 1. The normalized spacial score (nSPS) is 10.9. The van der Waals surface area contributed by atoms with Crippen LogP contribution in [-0.4, -0.2) is 18.0 Å². The molecule has 0 aliphatic carbocycles. The summed E-state index contributed by atoms with van der Waals surface area (Å²) in [6.07, 6.45) is 0. The fourth-order valence-corrected chi connectivity index (χ4v) is 3.41. The lowest BCUT2D eigenvalue weighted by atomic mass is 10.1. The maximum atomic E-state index is 12.6. The minimum absolute atomic E-state index is 0.139. The van der Waals surface area contributed by atoms with Crippen molar-refractivity contribution in [3.8, 4) is 5.75 Å². The smallest absolute Gasteiger partial charge is 0.262 e. The van der Waals surface area contributed by atoms with E-state index in [0.717, 1.165) is 10.2 Å². The summed E-state index contributed by atoms with van der Waals surface area (Å²) in [5, 5.41) is 11.9. The van der Waals surface area contributed by atoms with Gasteiger partial charge in [0.25, 0.3) is 5.91 Å². The Bertz CT molecular complexity index is 1130. The van der Waals surface area contributed by atoms with E-state index in [1.165, 1.54) is 18.4 Å². The first-order valence-corrected chi connectivity index (χ1v) is 8.30. The summed E-state index contributed by atoms with van der Waals surface area (Å²) in [4.78, 5) is 16.9. The maximum Gasteiger partial charge on any atom is 0.262 e. The van der Waals surface area contributed by atoms with Gasteiger partial charge in [-0.25, -0.2) is 4.98 Å². The number of rotatable bonds is 3. The van der Waals surface area contributed by atoms with Crippen molar-refractivity contribution in [3.63, 3.8) is 0 Å². The molecular weight excluding hydrogens is 338 g/mol. The highest BCUT2D eigenvalue weighted by molar-refractivity contribution is 7.22. The molecule has 2 heterocycles. The second-order valence-electron chi connectivity index (χ2n) is 5.31. The zero-order valence-electron chi connectivity index (χ0n) is 13.2. The molecule has 0 aliphatic rings. The van der Waals surface area contributed by atoms with E-state index >= 15 is 0 Å². The van der Waals surface area contributed by atoms with E-state index < -0.39 is 5.91 Å². The molecule has 0 saturated carbocycles. The molecule has 0 unspecified atom stereocenters. The van der Waals surface area contributed by atoms with Crippen molar-refractivity contribution in [1.29, 1.82) is 5.41 Å². The van der Waals surface area contributed by atoms with Gasteiger partial charge in [0.1, 0.15) is 5.56 Å².